The van der Waals surface area contributed by atoms with Crippen LogP contribution in [0, 0.1) is 11.8 Å². The lowest BCUT2D eigenvalue weighted by Gasteiger charge is -2.35. The van der Waals surface area contributed by atoms with Gasteiger partial charge in [0.05, 0.1) is 13.2 Å². The quantitative estimate of drug-likeness (QED) is 0.426. The van der Waals surface area contributed by atoms with Crippen LogP contribution in [-0.2, 0) is 17.7 Å². The molecule has 0 spiro atoms. The van der Waals surface area contributed by atoms with Gasteiger partial charge in [-0.1, -0.05) is 46.3 Å². The second-order valence-electron chi connectivity index (χ2n) is 9.27. The highest BCUT2D eigenvalue weighted by Gasteiger charge is 2.28. The monoisotopic (exact) mass is 514 g/mol. The number of carbonyl (C=O) groups excluding carboxylic acids is 1. The third-order valence-electron chi connectivity index (χ3n) is 6.79. The van der Waals surface area contributed by atoms with Gasteiger partial charge in [-0.25, -0.2) is 4.79 Å². The normalized spacial score (nSPS) is 20.0. The zero-order valence-electron chi connectivity index (χ0n) is 19.5. The molecule has 0 N–H and O–H groups in total. The number of nitrogens with zero attached hydrogens (tertiary/aromatic N) is 2. The van der Waals surface area contributed by atoms with Gasteiger partial charge in [0, 0.05) is 23.5 Å². The largest absolute Gasteiger partial charge is 0.494 e. The predicted molar refractivity (Wildman–Crippen MR) is 134 cm³/mol. The number of cyclic esters (lactones) is 1. The molecule has 33 heavy (non-hydrogen) atoms. The summed E-state index contributed by atoms with van der Waals surface area (Å²) in [5.41, 5.74) is 2.50. The van der Waals surface area contributed by atoms with E-state index in [2.05, 4.69) is 45.1 Å². The molecular weight excluding hydrogens is 480 g/mol. The number of carbonyl (C=O) groups is 1. The zero-order chi connectivity index (χ0) is 23.0. The first-order chi connectivity index (χ1) is 16.1. The van der Waals surface area contributed by atoms with E-state index in [0.29, 0.717) is 31.6 Å². The van der Waals surface area contributed by atoms with Crippen molar-refractivity contribution >= 4 is 22.0 Å². The summed E-state index contributed by atoms with van der Waals surface area (Å²) in [5, 5.41) is 0. The SMILES string of the molecule is CCOc1ccc(Br)c(CC2CCN(CCC3COC(=O)N(Cc4ccccc4)C3)CC2)c1. The van der Waals surface area contributed by atoms with E-state index in [1.165, 1.54) is 22.9 Å². The minimum absolute atomic E-state index is 0.185. The Balaban J connectivity index is 1.20. The second-order valence-corrected chi connectivity index (χ2v) is 10.1. The standard InChI is InChI=1S/C27H35BrN2O3/c1-2-32-25-8-9-26(28)24(17-25)16-21-10-13-29(14-11-21)15-12-23-19-30(27(31)33-20-23)18-22-6-4-3-5-7-22/h3-9,17,21,23H,2,10-16,18-20H2,1H3. The van der Waals surface area contributed by atoms with Crippen molar-refractivity contribution in [2.24, 2.45) is 11.8 Å². The second kappa shape index (κ2) is 11.9. The molecule has 0 radical (unpaired) electrons. The van der Waals surface area contributed by atoms with Crippen molar-refractivity contribution in [2.45, 2.75) is 39.2 Å². The van der Waals surface area contributed by atoms with Crippen molar-refractivity contribution in [1.29, 1.82) is 0 Å². The highest BCUT2D eigenvalue weighted by molar-refractivity contribution is 9.10. The van der Waals surface area contributed by atoms with E-state index in [4.69, 9.17) is 9.47 Å². The van der Waals surface area contributed by atoms with Crippen molar-refractivity contribution in [3.8, 4) is 5.75 Å². The van der Waals surface area contributed by atoms with Crippen LogP contribution in [0.3, 0.4) is 0 Å². The van der Waals surface area contributed by atoms with Gasteiger partial charge in [0.1, 0.15) is 5.75 Å². The number of hydrogen-bond donors (Lipinski definition) is 0. The van der Waals surface area contributed by atoms with Crippen LogP contribution >= 0.6 is 15.9 Å². The molecule has 1 atom stereocenters. The molecule has 2 aliphatic heterocycles. The Morgan fingerprint density at radius 2 is 1.88 bits per heavy atom. The van der Waals surface area contributed by atoms with Gasteiger partial charge >= 0.3 is 6.09 Å². The van der Waals surface area contributed by atoms with E-state index in [-0.39, 0.29) is 6.09 Å². The number of piperidine rings is 1. The molecule has 0 aromatic heterocycles. The maximum atomic E-state index is 12.2. The Bertz CT molecular complexity index is 899. The fourth-order valence-electron chi connectivity index (χ4n) is 4.88. The molecule has 2 fully saturated rings. The maximum absolute atomic E-state index is 12.2. The van der Waals surface area contributed by atoms with Crippen LogP contribution in [0.5, 0.6) is 5.75 Å². The van der Waals surface area contributed by atoms with Gasteiger partial charge in [0.15, 0.2) is 0 Å². The molecule has 2 aromatic carbocycles. The minimum Gasteiger partial charge on any atom is -0.494 e. The molecule has 5 nitrogen and oxygen atoms in total. The topological polar surface area (TPSA) is 42.0 Å². The molecular formula is C27H35BrN2O3. The van der Waals surface area contributed by atoms with E-state index in [1.54, 1.807) is 0 Å². The summed E-state index contributed by atoms with van der Waals surface area (Å²) in [6.07, 6.45) is 4.44. The smallest absolute Gasteiger partial charge is 0.410 e. The van der Waals surface area contributed by atoms with Crippen molar-refractivity contribution in [2.75, 3.05) is 39.4 Å². The Kier molecular flexibility index (Phi) is 8.68. The lowest BCUT2D eigenvalue weighted by atomic mass is 9.90. The van der Waals surface area contributed by atoms with Gasteiger partial charge in [-0.2, -0.15) is 0 Å². The average molecular weight is 515 g/mol. The van der Waals surface area contributed by atoms with Crippen LogP contribution in [0.4, 0.5) is 4.79 Å². The van der Waals surface area contributed by atoms with E-state index in [9.17, 15) is 4.79 Å². The fraction of sp³-hybridized carbons (Fsp3) is 0.519. The molecule has 2 saturated heterocycles. The van der Waals surface area contributed by atoms with Crippen molar-refractivity contribution in [1.82, 2.24) is 9.80 Å². The zero-order valence-corrected chi connectivity index (χ0v) is 21.1. The molecule has 6 heteroatoms. The fourth-order valence-corrected chi connectivity index (χ4v) is 5.29. The molecule has 1 unspecified atom stereocenters. The van der Waals surface area contributed by atoms with E-state index in [0.717, 1.165) is 50.3 Å². The van der Waals surface area contributed by atoms with Crippen LogP contribution in [0.1, 0.15) is 37.3 Å². The molecule has 178 valence electrons. The summed E-state index contributed by atoms with van der Waals surface area (Å²) in [4.78, 5) is 16.6. The van der Waals surface area contributed by atoms with Gasteiger partial charge in [-0.3, -0.25) is 0 Å². The highest BCUT2D eigenvalue weighted by Crippen LogP contribution is 2.29. The van der Waals surface area contributed by atoms with E-state index in [1.807, 2.05) is 36.1 Å². The number of ether oxygens (including phenoxy) is 2. The van der Waals surface area contributed by atoms with Gasteiger partial charge in [-0.15, -0.1) is 0 Å². The van der Waals surface area contributed by atoms with Gasteiger partial charge in [-0.05, 0) is 87.5 Å². The number of rotatable bonds is 9. The van der Waals surface area contributed by atoms with Gasteiger partial charge in [0.25, 0.3) is 0 Å². The molecule has 2 aliphatic rings. The lowest BCUT2D eigenvalue weighted by Crippen LogP contribution is -2.44. The number of halogens is 1. The number of hydrogen-bond acceptors (Lipinski definition) is 4. The lowest BCUT2D eigenvalue weighted by molar-refractivity contribution is 0.0334. The van der Waals surface area contributed by atoms with Crippen LogP contribution < -0.4 is 4.74 Å². The summed E-state index contributed by atoms with van der Waals surface area (Å²) < 4.78 is 12.4. The first-order valence-electron chi connectivity index (χ1n) is 12.2. The molecule has 0 saturated carbocycles. The van der Waals surface area contributed by atoms with Crippen molar-refractivity contribution < 1.29 is 14.3 Å². The van der Waals surface area contributed by atoms with E-state index < -0.39 is 0 Å². The molecule has 0 bridgehead atoms. The maximum Gasteiger partial charge on any atom is 0.410 e. The number of amides is 1. The van der Waals surface area contributed by atoms with Crippen molar-refractivity contribution in [3.05, 3.63) is 64.1 Å². The summed E-state index contributed by atoms with van der Waals surface area (Å²) in [6, 6.07) is 16.5. The summed E-state index contributed by atoms with van der Waals surface area (Å²) in [5.74, 6) is 2.08. The van der Waals surface area contributed by atoms with Crippen LogP contribution in [0.25, 0.3) is 0 Å². The minimum atomic E-state index is -0.185. The average Bonchev–Trinajstić information content (AvgIpc) is 2.83. The van der Waals surface area contributed by atoms with Crippen molar-refractivity contribution in [3.63, 3.8) is 0 Å². The molecule has 1 amide bonds. The predicted octanol–water partition coefficient (Wildman–Crippen LogP) is 5.76. The first kappa shape index (κ1) is 24.1. The Morgan fingerprint density at radius 1 is 1.09 bits per heavy atom. The van der Waals surface area contributed by atoms with Crippen LogP contribution in [0.2, 0.25) is 0 Å². The Labute approximate surface area is 206 Å². The number of benzene rings is 2. The molecule has 2 aromatic rings. The van der Waals surface area contributed by atoms with Crippen LogP contribution in [0.15, 0.2) is 53.0 Å². The summed E-state index contributed by atoms with van der Waals surface area (Å²) in [7, 11) is 0. The van der Waals surface area contributed by atoms with E-state index >= 15 is 0 Å². The van der Waals surface area contributed by atoms with Gasteiger partial charge < -0.3 is 19.3 Å². The number of likely N-dealkylation sites (tertiary alicyclic amines) is 1. The van der Waals surface area contributed by atoms with Crippen LogP contribution in [-0.4, -0.2) is 55.3 Å². The Hall–Kier alpha value is -2.05. The van der Waals surface area contributed by atoms with Gasteiger partial charge in [0.2, 0.25) is 0 Å². The summed E-state index contributed by atoms with van der Waals surface area (Å²) >= 11 is 3.71. The Morgan fingerprint density at radius 3 is 2.64 bits per heavy atom. The molecule has 2 heterocycles. The summed E-state index contributed by atoms with van der Waals surface area (Å²) in [6.45, 7) is 8.05. The highest BCUT2D eigenvalue weighted by atomic mass is 79.9. The molecule has 0 aliphatic carbocycles. The third kappa shape index (κ3) is 6.97. The molecule has 4 rings (SSSR count). The first-order valence-corrected chi connectivity index (χ1v) is 13.0. The third-order valence-corrected chi connectivity index (χ3v) is 7.57.